The van der Waals surface area contributed by atoms with E-state index < -0.39 is 0 Å². The SMILES string of the molecule is CNc1cc(N(Cc2cccs2)C(C)C)nc(C(C)C)n1. The fourth-order valence-corrected chi connectivity index (χ4v) is 2.79. The van der Waals surface area contributed by atoms with Gasteiger partial charge in [-0.05, 0) is 25.3 Å². The topological polar surface area (TPSA) is 41.0 Å². The Labute approximate surface area is 131 Å². The van der Waals surface area contributed by atoms with Gasteiger partial charge < -0.3 is 10.2 Å². The lowest BCUT2D eigenvalue weighted by Crippen LogP contribution is -2.31. The smallest absolute Gasteiger partial charge is 0.135 e. The fourth-order valence-electron chi connectivity index (χ4n) is 2.08. The van der Waals surface area contributed by atoms with Crippen molar-refractivity contribution in [1.82, 2.24) is 9.97 Å². The Kier molecular flexibility index (Phi) is 5.17. The van der Waals surface area contributed by atoms with Gasteiger partial charge in [0, 0.05) is 30.0 Å². The molecule has 0 aliphatic heterocycles. The minimum Gasteiger partial charge on any atom is -0.373 e. The van der Waals surface area contributed by atoms with Gasteiger partial charge in [-0.3, -0.25) is 0 Å². The summed E-state index contributed by atoms with van der Waals surface area (Å²) in [5, 5.41) is 5.26. The predicted octanol–water partition coefficient (Wildman–Crippen LogP) is 4.12. The summed E-state index contributed by atoms with van der Waals surface area (Å²) in [6.45, 7) is 9.52. The van der Waals surface area contributed by atoms with Crippen LogP contribution in [0.25, 0.3) is 0 Å². The van der Waals surface area contributed by atoms with Crippen LogP contribution in [0.1, 0.15) is 44.3 Å². The van der Waals surface area contributed by atoms with Crippen LogP contribution in [0.2, 0.25) is 0 Å². The number of nitrogens with one attached hydrogen (secondary N) is 1. The van der Waals surface area contributed by atoms with Gasteiger partial charge in [-0.2, -0.15) is 0 Å². The van der Waals surface area contributed by atoms with Gasteiger partial charge in [-0.15, -0.1) is 11.3 Å². The van der Waals surface area contributed by atoms with Crippen molar-refractivity contribution in [3.05, 3.63) is 34.3 Å². The highest BCUT2D eigenvalue weighted by Gasteiger charge is 2.16. The van der Waals surface area contributed by atoms with Gasteiger partial charge in [-0.1, -0.05) is 19.9 Å². The van der Waals surface area contributed by atoms with Crippen LogP contribution in [0.3, 0.4) is 0 Å². The number of rotatable bonds is 6. The standard InChI is InChI=1S/C16H24N4S/c1-11(2)16-18-14(17-5)9-15(19-16)20(12(3)4)10-13-7-6-8-21-13/h6-9,11-12H,10H2,1-5H3,(H,17,18,19). The van der Waals surface area contributed by atoms with Crippen molar-refractivity contribution < 1.29 is 0 Å². The second kappa shape index (κ2) is 6.89. The number of anilines is 2. The molecule has 0 bridgehead atoms. The van der Waals surface area contributed by atoms with Gasteiger partial charge in [0.25, 0.3) is 0 Å². The van der Waals surface area contributed by atoms with Crippen LogP contribution in [-0.4, -0.2) is 23.1 Å². The van der Waals surface area contributed by atoms with Crippen LogP contribution in [0.5, 0.6) is 0 Å². The minimum absolute atomic E-state index is 0.313. The molecule has 0 saturated heterocycles. The molecule has 114 valence electrons. The summed E-state index contributed by atoms with van der Waals surface area (Å²) in [7, 11) is 1.90. The van der Waals surface area contributed by atoms with E-state index in [2.05, 4.69) is 60.4 Å². The van der Waals surface area contributed by atoms with Crippen LogP contribution in [0.4, 0.5) is 11.6 Å². The first kappa shape index (κ1) is 15.8. The molecule has 0 saturated carbocycles. The Morgan fingerprint density at radius 3 is 2.52 bits per heavy atom. The van der Waals surface area contributed by atoms with E-state index in [1.165, 1.54) is 4.88 Å². The third kappa shape index (κ3) is 3.94. The molecule has 2 heterocycles. The molecular weight excluding hydrogens is 280 g/mol. The zero-order valence-corrected chi connectivity index (χ0v) is 14.2. The minimum atomic E-state index is 0.313. The zero-order valence-electron chi connectivity index (χ0n) is 13.4. The van der Waals surface area contributed by atoms with Gasteiger partial charge >= 0.3 is 0 Å². The molecule has 0 fully saturated rings. The lowest BCUT2D eigenvalue weighted by molar-refractivity contribution is 0.666. The van der Waals surface area contributed by atoms with E-state index in [-0.39, 0.29) is 0 Å². The first-order valence-electron chi connectivity index (χ1n) is 7.37. The summed E-state index contributed by atoms with van der Waals surface area (Å²) in [5.74, 6) is 3.06. The molecule has 0 aromatic carbocycles. The number of hydrogen-bond donors (Lipinski definition) is 1. The predicted molar refractivity (Wildman–Crippen MR) is 91.3 cm³/mol. The maximum Gasteiger partial charge on any atom is 0.135 e. The van der Waals surface area contributed by atoms with Gasteiger partial charge in [0.15, 0.2) is 0 Å². The third-order valence-electron chi connectivity index (χ3n) is 3.33. The van der Waals surface area contributed by atoms with Crippen molar-refractivity contribution in [2.45, 2.75) is 46.2 Å². The highest BCUT2D eigenvalue weighted by molar-refractivity contribution is 7.09. The Morgan fingerprint density at radius 2 is 2.00 bits per heavy atom. The zero-order chi connectivity index (χ0) is 15.4. The quantitative estimate of drug-likeness (QED) is 0.871. The molecule has 5 heteroatoms. The van der Waals surface area contributed by atoms with Crippen molar-refractivity contribution in [2.75, 3.05) is 17.3 Å². The number of aromatic nitrogens is 2. The second-order valence-electron chi connectivity index (χ2n) is 5.68. The monoisotopic (exact) mass is 304 g/mol. The number of hydrogen-bond acceptors (Lipinski definition) is 5. The van der Waals surface area contributed by atoms with E-state index in [0.29, 0.717) is 12.0 Å². The first-order chi connectivity index (χ1) is 10.0. The third-order valence-corrected chi connectivity index (χ3v) is 4.19. The van der Waals surface area contributed by atoms with Crippen molar-refractivity contribution in [1.29, 1.82) is 0 Å². The second-order valence-corrected chi connectivity index (χ2v) is 6.71. The largest absolute Gasteiger partial charge is 0.373 e. The van der Waals surface area contributed by atoms with Crippen LogP contribution < -0.4 is 10.2 Å². The summed E-state index contributed by atoms with van der Waals surface area (Å²) in [4.78, 5) is 13.0. The van der Waals surface area contributed by atoms with Gasteiger partial charge in [0.2, 0.25) is 0 Å². The fraction of sp³-hybridized carbons (Fsp3) is 0.500. The Balaban J connectivity index is 2.37. The molecular formula is C16H24N4S. The van der Waals surface area contributed by atoms with Gasteiger partial charge in [0.05, 0.1) is 6.54 Å². The van der Waals surface area contributed by atoms with Crippen molar-refractivity contribution >= 4 is 23.0 Å². The number of nitrogens with zero attached hydrogens (tertiary/aromatic N) is 3. The lowest BCUT2D eigenvalue weighted by atomic mass is 10.2. The molecule has 0 radical (unpaired) electrons. The molecule has 21 heavy (non-hydrogen) atoms. The van der Waals surface area contributed by atoms with Crippen molar-refractivity contribution in [2.24, 2.45) is 0 Å². The maximum atomic E-state index is 4.76. The highest BCUT2D eigenvalue weighted by atomic mass is 32.1. The van der Waals surface area contributed by atoms with Gasteiger partial charge in [0.1, 0.15) is 17.5 Å². The summed E-state index contributed by atoms with van der Waals surface area (Å²) < 4.78 is 0. The van der Waals surface area contributed by atoms with Crippen LogP contribution >= 0.6 is 11.3 Å². The molecule has 0 spiro atoms. The molecule has 0 atom stereocenters. The molecule has 2 rings (SSSR count). The molecule has 0 aliphatic rings. The molecule has 0 aliphatic carbocycles. The van der Waals surface area contributed by atoms with Crippen molar-refractivity contribution in [3.63, 3.8) is 0 Å². The summed E-state index contributed by atoms with van der Waals surface area (Å²) in [5.41, 5.74) is 0. The summed E-state index contributed by atoms with van der Waals surface area (Å²) >= 11 is 1.78. The first-order valence-corrected chi connectivity index (χ1v) is 8.25. The van der Waals surface area contributed by atoms with Crippen LogP contribution in [0, 0.1) is 0 Å². The van der Waals surface area contributed by atoms with E-state index in [1.54, 1.807) is 11.3 Å². The van der Waals surface area contributed by atoms with E-state index in [0.717, 1.165) is 24.0 Å². The molecule has 4 nitrogen and oxygen atoms in total. The molecule has 1 N–H and O–H groups in total. The Bertz CT molecular complexity index is 564. The van der Waals surface area contributed by atoms with E-state index in [4.69, 9.17) is 4.98 Å². The summed E-state index contributed by atoms with van der Waals surface area (Å²) in [6.07, 6.45) is 0. The highest BCUT2D eigenvalue weighted by Crippen LogP contribution is 2.24. The van der Waals surface area contributed by atoms with Gasteiger partial charge in [-0.25, -0.2) is 9.97 Å². The average Bonchev–Trinajstić information content (AvgIpc) is 2.96. The maximum absolute atomic E-state index is 4.76. The van der Waals surface area contributed by atoms with E-state index in [9.17, 15) is 0 Å². The molecule has 2 aromatic heterocycles. The average molecular weight is 304 g/mol. The van der Waals surface area contributed by atoms with Crippen LogP contribution in [-0.2, 0) is 6.54 Å². The lowest BCUT2D eigenvalue weighted by Gasteiger charge is -2.28. The van der Waals surface area contributed by atoms with E-state index >= 15 is 0 Å². The van der Waals surface area contributed by atoms with Crippen LogP contribution in [0.15, 0.2) is 23.6 Å². The molecule has 2 aromatic rings. The normalized spacial score (nSPS) is 11.2. The Hall–Kier alpha value is -1.62. The molecule has 0 unspecified atom stereocenters. The summed E-state index contributed by atoms with van der Waals surface area (Å²) in [6, 6.07) is 6.67. The number of thiophene rings is 1. The molecule has 0 amide bonds. The van der Waals surface area contributed by atoms with Crippen molar-refractivity contribution in [3.8, 4) is 0 Å². The Morgan fingerprint density at radius 1 is 1.24 bits per heavy atom. The van der Waals surface area contributed by atoms with E-state index in [1.807, 2.05) is 13.1 Å².